The molecular weight excluding hydrogens is 354 g/mol. The summed E-state index contributed by atoms with van der Waals surface area (Å²) in [4.78, 5) is 10.5. The summed E-state index contributed by atoms with van der Waals surface area (Å²) >= 11 is 0. The number of hydrogen-bond donors (Lipinski definition) is 1. The van der Waals surface area contributed by atoms with Crippen molar-refractivity contribution in [1.82, 2.24) is 9.62 Å². The van der Waals surface area contributed by atoms with Crippen LogP contribution in [0.2, 0.25) is 0 Å². The van der Waals surface area contributed by atoms with Crippen molar-refractivity contribution in [3.05, 3.63) is 33.9 Å². The highest BCUT2D eigenvalue weighted by molar-refractivity contribution is 7.89. The SMILES string of the molecule is CNCCC1CCN(S(=O)(=O)c2cccc([N+](=O)[O-])c2C)CC1.Cl. The van der Waals surface area contributed by atoms with Crippen molar-refractivity contribution in [1.29, 1.82) is 0 Å². The van der Waals surface area contributed by atoms with E-state index in [4.69, 9.17) is 0 Å². The van der Waals surface area contributed by atoms with Crippen molar-refractivity contribution in [2.45, 2.75) is 31.1 Å². The summed E-state index contributed by atoms with van der Waals surface area (Å²) in [5.74, 6) is 0.528. The maximum atomic E-state index is 12.8. The second kappa shape index (κ2) is 8.75. The minimum absolute atomic E-state index is 0. The molecule has 1 heterocycles. The van der Waals surface area contributed by atoms with Gasteiger partial charge in [-0.3, -0.25) is 10.1 Å². The number of nitrogens with one attached hydrogen (secondary N) is 1. The molecule has 0 radical (unpaired) electrons. The number of sulfonamides is 1. The molecule has 0 saturated carbocycles. The second-order valence-corrected chi connectivity index (χ2v) is 7.80. The molecule has 2 rings (SSSR count). The van der Waals surface area contributed by atoms with Gasteiger partial charge >= 0.3 is 0 Å². The molecule has 7 nitrogen and oxygen atoms in total. The van der Waals surface area contributed by atoms with Gasteiger partial charge in [0.15, 0.2) is 0 Å². The minimum Gasteiger partial charge on any atom is -0.320 e. The van der Waals surface area contributed by atoms with Crippen molar-refractivity contribution in [2.24, 2.45) is 5.92 Å². The predicted molar refractivity (Wildman–Crippen MR) is 95.1 cm³/mol. The van der Waals surface area contributed by atoms with Gasteiger partial charge < -0.3 is 5.32 Å². The van der Waals surface area contributed by atoms with Gasteiger partial charge in [0.2, 0.25) is 10.0 Å². The maximum absolute atomic E-state index is 12.8. The smallest absolute Gasteiger partial charge is 0.273 e. The minimum atomic E-state index is -3.68. The quantitative estimate of drug-likeness (QED) is 0.606. The Morgan fingerprint density at radius 1 is 1.33 bits per heavy atom. The summed E-state index contributed by atoms with van der Waals surface area (Å²) in [6.07, 6.45) is 2.70. The lowest BCUT2D eigenvalue weighted by Crippen LogP contribution is -2.39. The van der Waals surface area contributed by atoms with E-state index >= 15 is 0 Å². The molecule has 1 aromatic rings. The van der Waals surface area contributed by atoms with Crippen LogP contribution in [0.25, 0.3) is 0 Å². The van der Waals surface area contributed by atoms with E-state index in [0.717, 1.165) is 25.8 Å². The van der Waals surface area contributed by atoms with Crippen LogP contribution in [0, 0.1) is 23.0 Å². The van der Waals surface area contributed by atoms with Gasteiger partial charge in [0.1, 0.15) is 0 Å². The number of halogens is 1. The Morgan fingerprint density at radius 3 is 2.50 bits per heavy atom. The first-order valence-corrected chi connectivity index (χ1v) is 9.20. The van der Waals surface area contributed by atoms with Crippen molar-refractivity contribution in [3.63, 3.8) is 0 Å². The van der Waals surface area contributed by atoms with E-state index < -0.39 is 14.9 Å². The van der Waals surface area contributed by atoms with Crippen LogP contribution < -0.4 is 5.32 Å². The molecule has 136 valence electrons. The van der Waals surface area contributed by atoms with Crippen LogP contribution in [-0.4, -0.2) is 44.3 Å². The van der Waals surface area contributed by atoms with Crippen LogP contribution in [0.15, 0.2) is 23.1 Å². The number of piperidine rings is 1. The summed E-state index contributed by atoms with van der Waals surface area (Å²) < 4.78 is 27.0. The van der Waals surface area contributed by atoms with E-state index in [9.17, 15) is 18.5 Å². The molecule has 0 spiro atoms. The van der Waals surface area contributed by atoms with Gasteiger partial charge in [0.25, 0.3) is 5.69 Å². The highest BCUT2D eigenvalue weighted by Gasteiger charge is 2.32. The van der Waals surface area contributed by atoms with E-state index in [0.29, 0.717) is 19.0 Å². The lowest BCUT2D eigenvalue weighted by atomic mass is 9.95. The number of nitro groups is 1. The molecule has 0 aromatic heterocycles. The Morgan fingerprint density at radius 2 is 1.96 bits per heavy atom. The fraction of sp³-hybridized carbons (Fsp3) is 0.600. The van der Waals surface area contributed by atoms with Crippen LogP contribution in [-0.2, 0) is 10.0 Å². The van der Waals surface area contributed by atoms with E-state index in [1.165, 1.54) is 29.4 Å². The molecule has 0 bridgehead atoms. The van der Waals surface area contributed by atoms with Crippen molar-refractivity contribution in [2.75, 3.05) is 26.7 Å². The molecule has 1 saturated heterocycles. The molecule has 24 heavy (non-hydrogen) atoms. The average molecular weight is 378 g/mol. The first-order valence-electron chi connectivity index (χ1n) is 7.76. The summed E-state index contributed by atoms with van der Waals surface area (Å²) in [7, 11) is -1.77. The number of rotatable bonds is 6. The van der Waals surface area contributed by atoms with E-state index in [1.54, 1.807) is 0 Å². The van der Waals surface area contributed by atoms with Crippen molar-refractivity contribution >= 4 is 28.1 Å². The van der Waals surface area contributed by atoms with Gasteiger partial charge in [-0.15, -0.1) is 12.4 Å². The monoisotopic (exact) mass is 377 g/mol. The molecule has 1 aliphatic heterocycles. The lowest BCUT2D eigenvalue weighted by molar-refractivity contribution is -0.385. The Labute approximate surface area is 149 Å². The van der Waals surface area contributed by atoms with Gasteiger partial charge in [-0.05, 0) is 51.8 Å². The molecule has 1 aromatic carbocycles. The molecule has 0 unspecified atom stereocenters. The zero-order valence-electron chi connectivity index (χ0n) is 13.9. The number of nitrogens with zero attached hydrogens (tertiary/aromatic N) is 2. The van der Waals surface area contributed by atoms with Crippen LogP contribution in [0.5, 0.6) is 0 Å². The molecule has 1 N–H and O–H groups in total. The Kier molecular flexibility index (Phi) is 7.59. The highest BCUT2D eigenvalue weighted by atomic mass is 35.5. The van der Waals surface area contributed by atoms with Gasteiger partial charge in [-0.1, -0.05) is 6.07 Å². The van der Waals surface area contributed by atoms with E-state index in [-0.39, 0.29) is 28.6 Å². The van der Waals surface area contributed by atoms with Crippen LogP contribution >= 0.6 is 12.4 Å². The Hall–Kier alpha value is -1.22. The molecule has 0 aliphatic carbocycles. The molecule has 1 fully saturated rings. The van der Waals surface area contributed by atoms with E-state index in [1.807, 2.05) is 7.05 Å². The third kappa shape index (κ3) is 4.44. The summed E-state index contributed by atoms with van der Waals surface area (Å²) in [6.45, 7) is 3.36. The highest BCUT2D eigenvalue weighted by Crippen LogP contribution is 2.30. The summed E-state index contributed by atoms with van der Waals surface area (Å²) in [6, 6.07) is 4.21. The number of nitro benzene ring substituents is 1. The van der Waals surface area contributed by atoms with Crippen LogP contribution in [0.3, 0.4) is 0 Å². The fourth-order valence-corrected chi connectivity index (χ4v) is 4.72. The van der Waals surface area contributed by atoms with Crippen LogP contribution in [0.1, 0.15) is 24.8 Å². The Balaban J connectivity index is 0.00000288. The normalized spacial score (nSPS) is 16.6. The predicted octanol–water partition coefficient (Wildman–Crippen LogP) is 2.34. The topological polar surface area (TPSA) is 92.6 Å². The molecule has 1 aliphatic rings. The third-order valence-electron chi connectivity index (χ3n) is 4.45. The first kappa shape index (κ1) is 20.8. The Bertz CT molecular complexity index is 673. The fourth-order valence-electron chi connectivity index (χ4n) is 3.01. The van der Waals surface area contributed by atoms with Gasteiger partial charge in [-0.2, -0.15) is 4.31 Å². The molecular formula is C15H24ClN3O4S. The van der Waals surface area contributed by atoms with E-state index in [2.05, 4.69) is 5.32 Å². The zero-order valence-corrected chi connectivity index (χ0v) is 15.5. The summed E-state index contributed by atoms with van der Waals surface area (Å²) in [5.41, 5.74) is 0.0461. The standard InChI is InChI=1S/C15H23N3O4S.ClH/c1-12-14(18(19)20)4-3-5-15(12)23(21,22)17-10-7-13(8-11-17)6-9-16-2;/h3-5,13,16H,6-11H2,1-2H3;1H. The lowest BCUT2D eigenvalue weighted by Gasteiger charge is -2.31. The second-order valence-electron chi connectivity index (χ2n) is 5.90. The molecule has 9 heteroatoms. The zero-order chi connectivity index (χ0) is 17.0. The van der Waals surface area contributed by atoms with Crippen LogP contribution in [0.4, 0.5) is 5.69 Å². The largest absolute Gasteiger partial charge is 0.320 e. The third-order valence-corrected chi connectivity index (χ3v) is 6.49. The molecule has 0 atom stereocenters. The van der Waals surface area contributed by atoms with Crippen molar-refractivity contribution in [3.8, 4) is 0 Å². The summed E-state index contributed by atoms with van der Waals surface area (Å²) in [5, 5.41) is 14.1. The maximum Gasteiger partial charge on any atom is 0.273 e. The number of hydrogen-bond acceptors (Lipinski definition) is 5. The van der Waals surface area contributed by atoms with Gasteiger partial charge in [0, 0.05) is 24.7 Å². The first-order chi connectivity index (χ1) is 10.9. The number of benzene rings is 1. The molecule has 0 amide bonds. The average Bonchev–Trinajstić information content (AvgIpc) is 2.53. The van der Waals surface area contributed by atoms with Crippen molar-refractivity contribution < 1.29 is 13.3 Å². The van der Waals surface area contributed by atoms with Gasteiger partial charge in [-0.25, -0.2) is 8.42 Å². The van der Waals surface area contributed by atoms with Gasteiger partial charge in [0.05, 0.1) is 9.82 Å².